The highest BCUT2D eigenvalue weighted by Gasteiger charge is 2.29. The van der Waals surface area contributed by atoms with Gasteiger partial charge in [-0.15, -0.1) is 0 Å². The zero-order valence-corrected chi connectivity index (χ0v) is 24.6. The third-order valence-corrected chi connectivity index (χ3v) is 10.2. The lowest BCUT2D eigenvalue weighted by atomic mass is 10.2. The Morgan fingerprint density at radius 2 is 1.77 bits per heavy atom. The number of nitrogens with zero attached hydrogens (tertiary/aromatic N) is 3. The minimum absolute atomic E-state index is 0.0861. The van der Waals surface area contributed by atoms with Gasteiger partial charge in [0.15, 0.2) is 5.16 Å². The monoisotopic (exact) mass is 596 g/mol. The van der Waals surface area contributed by atoms with Crippen LogP contribution >= 0.6 is 23.4 Å². The second-order valence-electron chi connectivity index (χ2n) is 9.74. The van der Waals surface area contributed by atoms with Crippen molar-refractivity contribution in [2.75, 3.05) is 24.2 Å². The summed E-state index contributed by atoms with van der Waals surface area (Å²) in [6.45, 7) is 4.57. The molecule has 1 aliphatic rings. The quantitative estimate of drug-likeness (QED) is 0.221. The summed E-state index contributed by atoms with van der Waals surface area (Å²) in [6.07, 6.45) is 2.63. The van der Waals surface area contributed by atoms with Gasteiger partial charge in [-0.2, -0.15) is 4.31 Å². The topological polar surface area (TPSA) is 101 Å². The second kappa shape index (κ2) is 11.7. The van der Waals surface area contributed by atoms with E-state index in [2.05, 4.69) is 5.32 Å². The first-order chi connectivity index (χ1) is 19.2. The summed E-state index contributed by atoms with van der Waals surface area (Å²) in [5, 5.41) is 4.07. The largest absolute Gasteiger partial charge is 0.324 e. The predicted molar refractivity (Wildman–Crippen MR) is 160 cm³/mol. The van der Waals surface area contributed by atoms with Crippen LogP contribution in [0.5, 0.6) is 0 Å². The summed E-state index contributed by atoms with van der Waals surface area (Å²) < 4.78 is 29.9. The van der Waals surface area contributed by atoms with E-state index in [1.165, 1.54) is 8.87 Å². The Morgan fingerprint density at radius 3 is 2.55 bits per heavy atom. The molecule has 0 bridgehead atoms. The van der Waals surface area contributed by atoms with Crippen molar-refractivity contribution >= 4 is 55.9 Å². The number of thioether (sulfide) groups is 1. The molecule has 0 radical (unpaired) electrons. The van der Waals surface area contributed by atoms with Gasteiger partial charge in [0.05, 0.1) is 28.0 Å². The molecule has 0 aliphatic carbocycles. The molecule has 0 atom stereocenters. The van der Waals surface area contributed by atoms with Crippen molar-refractivity contribution < 1.29 is 13.2 Å². The third kappa shape index (κ3) is 5.67. The molecule has 4 aromatic rings. The van der Waals surface area contributed by atoms with E-state index in [9.17, 15) is 18.0 Å². The molecule has 1 saturated heterocycles. The normalized spacial score (nSPS) is 14.4. The number of rotatable bonds is 7. The number of nitrogens with one attached hydrogen (secondary N) is 1. The molecule has 5 rings (SSSR count). The first-order valence-electron chi connectivity index (χ1n) is 13.0. The van der Waals surface area contributed by atoms with Crippen LogP contribution in [0.3, 0.4) is 0 Å². The minimum Gasteiger partial charge on any atom is -0.324 e. The number of para-hydroxylation sites is 1. The van der Waals surface area contributed by atoms with Crippen molar-refractivity contribution in [1.82, 2.24) is 13.9 Å². The highest BCUT2D eigenvalue weighted by Crippen LogP contribution is 2.30. The number of hydrogen-bond donors (Lipinski definition) is 1. The molecule has 40 heavy (non-hydrogen) atoms. The third-order valence-electron chi connectivity index (χ3n) is 6.90. The molecule has 2 heterocycles. The predicted octanol–water partition coefficient (Wildman–Crippen LogP) is 5.56. The number of carbonyl (C=O) groups is 1. The van der Waals surface area contributed by atoms with Gasteiger partial charge in [0.1, 0.15) is 4.90 Å². The molecule has 0 saturated carbocycles. The molecular formula is C29H29ClN4O4S2. The fourth-order valence-corrected chi connectivity index (χ4v) is 7.49. The van der Waals surface area contributed by atoms with Crippen LogP contribution in [0.15, 0.2) is 75.5 Å². The number of carbonyl (C=O) groups excluding carboxylic acids is 1. The number of aryl methyl sites for hydroxylation is 1. The van der Waals surface area contributed by atoms with Gasteiger partial charge in [-0.05, 0) is 74.2 Å². The van der Waals surface area contributed by atoms with Crippen LogP contribution in [0.2, 0.25) is 5.02 Å². The summed E-state index contributed by atoms with van der Waals surface area (Å²) in [7, 11) is -3.77. The highest BCUT2D eigenvalue weighted by atomic mass is 35.5. The smallest absolute Gasteiger partial charge is 0.266 e. The molecule has 0 spiro atoms. The first-order valence-corrected chi connectivity index (χ1v) is 15.8. The second-order valence-corrected chi connectivity index (χ2v) is 13.0. The van der Waals surface area contributed by atoms with Gasteiger partial charge in [-0.3, -0.25) is 14.2 Å². The van der Waals surface area contributed by atoms with E-state index in [-0.39, 0.29) is 21.9 Å². The molecule has 11 heteroatoms. The van der Waals surface area contributed by atoms with Crippen LogP contribution in [0.25, 0.3) is 16.6 Å². The van der Waals surface area contributed by atoms with E-state index in [1.54, 1.807) is 60.7 Å². The average molecular weight is 597 g/mol. The number of benzene rings is 3. The lowest BCUT2D eigenvalue weighted by Gasteiger charge is -2.27. The van der Waals surface area contributed by atoms with Gasteiger partial charge in [0, 0.05) is 18.1 Å². The minimum atomic E-state index is -3.77. The van der Waals surface area contributed by atoms with E-state index in [0.717, 1.165) is 36.6 Å². The molecule has 1 amide bonds. The van der Waals surface area contributed by atoms with E-state index in [4.69, 9.17) is 16.6 Å². The Hall–Kier alpha value is -3.18. The summed E-state index contributed by atoms with van der Waals surface area (Å²) in [5.74, 6) is -0.512. The molecule has 208 valence electrons. The van der Waals surface area contributed by atoms with E-state index < -0.39 is 15.9 Å². The van der Waals surface area contributed by atoms with Crippen molar-refractivity contribution in [1.29, 1.82) is 0 Å². The van der Waals surface area contributed by atoms with Crippen LogP contribution in [-0.2, 0) is 14.8 Å². The molecule has 1 aliphatic heterocycles. The maximum atomic E-state index is 13.6. The fraction of sp³-hybridized carbons (Fsp3) is 0.276. The lowest BCUT2D eigenvalue weighted by Crippen LogP contribution is -2.36. The first kappa shape index (κ1) is 28.4. The lowest BCUT2D eigenvalue weighted by molar-refractivity contribution is -0.113. The number of amides is 1. The Balaban J connectivity index is 1.45. The number of fused-ring (bicyclic) bond motifs is 1. The SMILES string of the molecule is Cc1ccc(NC(=O)CSc2nc3ccccc3c(=O)n2-c2cccc(Cl)c2C)c(S(=O)(=O)N2CCCCC2)c1. The van der Waals surface area contributed by atoms with Crippen LogP contribution in [0, 0.1) is 13.8 Å². The molecule has 0 unspecified atom stereocenters. The van der Waals surface area contributed by atoms with Gasteiger partial charge >= 0.3 is 0 Å². The van der Waals surface area contributed by atoms with Gasteiger partial charge in [0.25, 0.3) is 5.56 Å². The van der Waals surface area contributed by atoms with Gasteiger partial charge < -0.3 is 5.32 Å². The zero-order chi connectivity index (χ0) is 28.4. The van der Waals surface area contributed by atoms with Crippen molar-refractivity contribution in [3.63, 3.8) is 0 Å². The maximum absolute atomic E-state index is 13.6. The molecule has 1 fully saturated rings. The summed E-state index contributed by atoms with van der Waals surface area (Å²) in [4.78, 5) is 31.5. The van der Waals surface area contributed by atoms with Crippen LogP contribution in [-0.4, -0.2) is 47.0 Å². The van der Waals surface area contributed by atoms with Gasteiger partial charge in [0.2, 0.25) is 15.9 Å². The average Bonchev–Trinajstić information content (AvgIpc) is 2.95. The number of anilines is 1. The zero-order valence-electron chi connectivity index (χ0n) is 22.2. The summed E-state index contributed by atoms with van der Waals surface area (Å²) in [5.41, 5.74) is 2.54. The van der Waals surface area contributed by atoms with Crippen molar-refractivity contribution in [2.24, 2.45) is 0 Å². The molecule has 1 aromatic heterocycles. The summed E-state index contributed by atoms with van der Waals surface area (Å²) >= 11 is 7.46. The van der Waals surface area contributed by atoms with E-state index in [1.807, 2.05) is 13.8 Å². The Bertz CT molecular complexity index is 1770. The maximum Gasteiger partial charge on any atom is 0.266 e. The standard InChI is InChI=1S/C29H29ClN4O4S2/c1-19-13-14-24(26(17-19)40(37,38)33-15-6-3-7-16-33)31-27(35)18-39-29-32-23-11-5-4-9-21(23)28(36)34(29)25-12-8-10-22(30)20(25)2/h4-5,8-14,17H,3,6-7,15-16,18H2,1-2H3,(H,31,35). The van der Waals surface area contributed by atoms with E-state index >= 15 is 0 Å². The van der Waals surface area contributed by atoms with Crippen molar-refractivity contribution in [3.8, 4) is 5.69 Å². The van der Waals surface area contributed by atoms with Crippen molar-refractivity contribution in [2.45, 2.75) is 43.2 Å². The van der Waals surface area contributed by atoms with Crippen molar-refractivity contribution in [3.05, 3.63) is 87.2 Å². The highest BCUT2D eigenvalue weighted by molar-refractivity contribution is 7.99. The van der Waals surface area contributed by atoms with Gasteiger partial charge in [-0.25, -0.2) is 13.4 Å². The van der Waals surface area contributed by atoms with Crippen LogP contribution in [0.1, 0.15) is 30.4 Å². The molecule has 1 N–H and O–H groups in total. The Morgan fingerprint density at radius 1 is 1.02 bits per heavy atom. The fourth-order valence-electron chi connectivity index (χ4n) is 4.77. The van der Waals surface area contributed by atoms with Crippen LogP contribution in [0.4, 0.5) is 5.69 Å². The Labute approximate surface area is 242 Å². The number of hydrogen-bond acceptors (Lipinski definition) is 6. The van der Waals surface area contributed by atoms with E-state index in [0.29, 0.717) is 45.4 Å². The number of sulfonamides is 1. The Kier molecular flexibility index (Phi) is 8.32. The van der Waals surface area contributed by atoms with Gasteiger partial charge in [-0.1, -0.05) is 54.0 Å². The molecule has 3 aromatic carbocycles. The van der Waals surface area contributed by atoms with Crippen LogP contribution < -0.4 is 10.9 Å². The number of halogens is 1. The molecular weight excluding hydrogens is 568 g/mol. The molecule has 8 nitrogen and oxygen atoms in total. The number of piperidine rings is 1. The number of aromatic nitrogens is 2. The summed E-state index contributed by atoms with van der Waals surface area (Å²) in [6, 6.07) is 17.3.